The fourth-order valence-electron chi connectivity index (χ4n) is 11.9. The molecule has 1 spiro atoms. The highest BCUT2D eigenvalue weighted by Crippen LogP contribution is 2.53. The summed E-state index contributed by atoms with van der Waals surface area (Å²) in [5, 5.41) is 22.5. The second-order valence-electron chi connectivity index (χ2n) is 20.5. The van der Waals surface area contributed by atoms with E-state index in [1.165, 1.54) is 17.7 Å². The molecule has 11 rings (SSSR count). The molecule has 0 radical (unpaired) electrons. The molecule has 3 saturated heterocycles. The molecule has 5 aromatic rings. The first kappa shape index (κ1) is 43.0. The molecule has 4 aromatic heterocycles. The molecule has 5 fully saturated rings. The molecule has 8 heterocycles. The smallest absolute Gasteiger partial charge is 0.324 e. The largest absolute Gasteiger partial charge is 0.464 e. The van der Waals surface area contributed by atoms with Gasteiger partial charge in [-0.15, -0.1) is 11.3 Å². The fraction of sp³-hybridized carbons (Fsp3) is 0.520. The Balaban J connectivity index is 1.05. The first-order chi connectivity index (χ1) is 32.0. The van der Waals surface area contributed by atoms with Gasteiger partial charge in [0.05, 0.1) is 30.1 Å². The lowest BCUT2D eigenvalue weighted by Crippen LogP contribution is -2.70. The van der Waals surface area contributed by atoms with Crippen LogP contribution < -0.4 is 16.1 Å². The molecule has 1 aromatic carbocycles. The van der Waals surface area contributed by atoms with Crippen LogP contribution in [0.25, 0.3) is 33.4 Å². The Hall–Kier alpha value is -5.60. The minimum absolute atomic E-state index is 0.0140. The molecule has 2 amide bonds. The molecule has 2 aliphatic carbocycles. The molecule has 3 N–H and O–H groups in total. The van der Waals surface area contributed by atoms with Crippen molar-refractivity contribution in [3.8, 4) is 28.6 Å². The molecule has 342 valence electrons. The number of nitrogens with one attached hydrogen (secondary N) is 3. The van der Waals surface area contributed by atoms with Crippen LogP contribution in [-0.4, -0.2) is 103 Å². The molecule has 16 heteroatoms. The SMILES string of the molecule is C[C@@H]1[C@@H](C(=O)N[C@@H]2C(=O)N3CCC[C@H](N3)C(=O)OCC(C)(C)Cc3c(-c4cccnc4)n([C@@H]4CC[C@@H](C#N)C4)c4ccc(cc34)-c3csc(n3)[C@H]2N2CC3(CCCN3)C2)[C@@H]1c1ccncn1. The monoisotopic (exact) mass is 907 g/mol. The van der Waals surface area contributed by atoms with Crippen LogP contribution in [0, 0.1) is 34.5 Å². The Morgan fingerprint density at radius 3 is 2.70 bits per heavy atom. The Labute approximate surface area is 388 Å². The van der Waals surface area contributed by atoms with Crippen LogP contribution >= 0.6 is 11.3 Å². The molecular weight excluding hydrogens is 851 g/mol. The van der Waals surface area contributed by atoms with Gasteiger partial charge in [0, 0.05) is 106 Å². The number of hydrazine groups is 1. The Morgan fingerprint density at radius 2 is 1.94 bits per heavy atom. The van der Waals surface area contributed by atoms with Crippen LogP contribution in [0.15, 0.2) is 66.7 Å². The summed E-state index contributed by atoms with van der Waals surface area (Å²) in [4.78, 5) is 64.9. The molecular formula is C50H57N11O4S. The number of benzene rings is 1. The van der Waals surface area contributed by atoms with Crippen molar-refractivity contribution in [3.63, 3.8) is 0 Å². The van der Waals surface area contributed by atoms with Gasteiger partial charge >= 0.3 is 5.97 Å². The topological polar surface area (TPSA) is 183 Å². The second kappa shape index (κ2) is 16.9. The Bertz CT molecular complexity index is 2700. The van der Waals surface area contributed by atoms with Crippen molar-refractivity contribution in [1.82, 2.24) is 50.5 Å². The van der Waals surface area contributed by atoms with Gasteiger partial charge in [-0.2, -0.15) is 5.26 Å². The molecule has 6 bridgehead atoms. The number of fused-ring (bicyclic) bond motifs is 6. The number of likely N-dealkylation sites (tertiary alicyclic amines) is 1. The molecule has 4 aliphatic heterocycles. The minimum atomic E-state index is -1.01. The third kappa shape index (κ3) is 7.77. The molecule has 6 aliphatic rings. The molecule has 15 nitrogen and oxygen atoms in total. The summed E-state index contributed by atoms with van der Waals surface area (Å²) in [6.07, 6.45) is 13.2. The standard InChI is InChI=1S/C50H57N11O4S/c1-29-40(36-13-17-53-28-54-36)41(29)45(62)57-42-44(59-25-50(26-59)14-6-16-55-50)46-56-38(24-66-46)31-10-12-39-34(20-31)35(21-49(2,3)27-65-48(64)37-8-5-18-60(58-37)47(42)63)43(32-7-4-15-52-23-32)61(39)33-11-9-30(19-33)22-51/h4,7,10,12-13,15,17,20,23-24,28-30,33,37,40-42,44,55,58H,5-6,8-9,11,14,16,18-19,21,25-27H2,1-3H3,(H,57,62)/t29-,30+,33+,37-,40-,41+,42-,44-/m0/s1. The van der Waals surface area contributed by atoms with Crippen molar-refractivity contribution in [1.29, 1.82) is 5.26 Å². The van der Waals surface area contributed by atoms with E-state index in [9.17, 15) is 14.9 Å². The lowest BCUT2D eigenvalue weighted by atomic mass is 9.84. The first-order valence-electron chi connectivity index (χ1n) is 23.7. The number of carbonyl (C=O) groups excluding carboxylic acids is 3. The van der Waals surface area contributed by atoms with Crippen molar-refractivity contribution in [3.05, 3.63) is 83.0 Å². The first-order valence-corrected chi connectivity index (χ1v) is 24.6. The van der Waals surface area contributed by atoms with Crippen molar-refractivity contribution in [2.24, 2.45) is 23.2 Å². The zero-order chi connectivity index (χ0) is 45.3. The highest BCUT2D eigenvalue weighted by atomic mass is 32.1. The number of hydrogen-bond acceptors (Lipinski definition) is 13. The highest BCUT2D eigenvalue weighted by Gasteiger charge is 2.56. The number of rotatable bonds is 6. The van der Waals surface area contributed by atoms with E-state index in [1.54, 1.807) is 17.4 Å². The maximum atomic E-state index is 15.3. The predicted octanol–water partition coefficient (Wildman–Crippen LogP) is 6.12. The molecule has 8 atom stereocenters. The van der Waals surface area contributed by atoms with Crippen LogP contribution in [0.5, 0.6) is 0 Å². The maximum absolute atomic E-state index is 15.3. The van der Waals surface area contributed by atoms with Crippen LogP contribution in [0.2, 0.25) is 0 Å². The average Bonchev–Trinajstić information content (AvgIpc) is 3.93. The summed E-state index contributed by atoms with van der Waals surface area (Å²) < 4.78 is 8.66. The van der Waals surface area contributed by atoms with Gasteiger partial charge < -0.3 is 19.9 Å². The number of amides is 2. The lowest BCUT2D eigenvalue weighted by Gasteiger charge is -2.53. The third-order valence-corrected chi connectivity index (χ3v) is 16.2. The van der Waals surface area contributed by atoms with E-state index in [0.29, 0.717) is 38.9 Å². The van der Waals surface area contributed by atoms with E-state index in [2.05, 4.69) is 97.0 Å². The Morgan fingerprint density at radius 1 is 1.06 bits per heavy atom. The van der Waals surface area contributed by atoms with Gasteiger partial charge in [-0.05, 0) is 99.7 Å². The summed E-state index contributed by atoms with van der Waals surface area (Å²) in [7, 11) is 0. The minimum Gasteiger partial charge on any atom is -0.464 e. The summed E-state index contributed by atoms with van der Waals surface area (Å²) in [6, 6.07) is 12.8. The number of thiazole rings is 1. The zero-order valence-electron chi connectivity index (χ0n) is 37.8. The summed E-state index contributed by atoms with van der Waals surface area (Å²) in [6.45, 7) is 9.20. The van der Waals surface area contributed by atoms with E-state index in [0.717, 1.165) is 88.3 Å². The van der Waals surface area contributed by atoms with Crippen molar-refractivity contribution in [2.75, 3.05) is 32.8 Å². The number of cyclic esters (lactones) is 1. The summed E-state index contributed by atoms with van der Waals surface area (Å²) in [5.41, 5.74) is 9.57. The van der Waals surface area contributed by atoms with Crippen LogP contribution in [-0.2, 0) is 25.5 Å². The molecule has 2 saturated carbocycles. The van der Waals surface area contributed by atoms with Crippen molar-refractivity contribution in [2.45, 2.75) is 108 Å². The van der Waals surface area contributed by atoms with Crippen molar-refractivity contribution < 1.29 is 19.1 Å². The number of ether oxygens (including phenoxy) is 1. The van der Waals surface area contributed by atoms with Gasteiger partial charge in [0.15, 0.2) is 0 Å². The normalized spacial score (nSPS) is 29.5. The van der Waals surface area contributed by atoms with E-state index in [1.807, 2.05) is 18.3 Å². The van der Waals surface area contributed by atoms with Crippen molar-refractivity contribution >= 4 is 40.0 Å². The van der Waals surface area contributed by atoms with E-state index >= 15 is 4.79 Å². The molecule has 66 heavy (non-hydrogen) atoms. The summed E-state index contributed by atoms with van der Waals surface area (Å²) in [5.74, 6) is -1.36. The number of pyridine rings is 1. The van der Waals surface area contributed by atoms with Gasteiger partial charge in [-0.1, -0.05) is 26.8 Å². The predicted molar refractivity (Wildman–Crippen MR) is 248 cm³/mol. The summed E-state index contributed by atoms with van der Waals surface area (Å²) >= 11 is 1.52. The second-order valence-corrected chi connectivity index (χ2v) is 21.4. The maximum Gasteiger partial charge on any atom is 0.324 e. The Kier molecular flexibility index (Phi) is 11.0. The number of esters is 1. The quantitative estimate of drug-likeness (QED) is 0.166. The highest BCUT2D eigenvalue weighted by molar-refractivity contribution is 7.10. The number of nitriles is 1. The number of nitrogens with zero attached hydrogens (tertiary/aromatic N) is 8. The fourth-order valence-corrected chi connectivity index (χ4v) is 12.9. The lowest BCUT2D eigenvalue weighted by molar-refractivity contribution is -0.156. The zero-order valence-corrected chi connectivity index (χ0v) is 38.6. The van der Waals surface area contributed by atoms with E-state index in [4.69, 9.17) is 9.72 Å². The van der Waals surface area contributed by atoms with E-state index < -0.39 is 29.5 Å². The number of aromatic nitrogens is 5. The van der Waals surface area contributed by atoms with Crippen LogP contribution in [0.3, 0.4) is 0 Å². The third-order valence-electron chi connectivity index (χ3n) is 15.3. The van der Waals surface area contributed by atoms with Crippen LogP contribution in [0.1, 0.15) is 100.0 Å². The number of hydrogen-bond donors (Lipinski definition) is 3. The van der Waals surface area contributed by atoms with Gasteiger partial charge in [0.2, 0.25) is 5.91 Å². The van der Waals surface area contributed by atoms with Crippen LogP contribution in [0.4, 0.5) is 0 Å². The van der Waals surface area contributed by atoms with Gasteiger partial charge in [-0.25, -0.2) is 20.4 Å². The number of carbonyl (C=O) groups is 3. The van der Waals surface area contributed by atoms with E-state index in [-0.39, 0.29) is 53.7 Å². The average molecular weight is 908 g/mol. The van der Waals surface area contributed by atoms with Gasteiger partial charge in [0.1, 0.15) is 23.4 Å². The molecule has 0 unspecified atom stereocenters. The van der Waals surface area contributed by atoms with Gasteiger partial charge in [-0.3, -0.25) is 29.3 Å². The van der Waals surface area contributed by atoms with Gasteiger partial charge in [0.25, 0.3) is 5.91 Å².